The van der Waals surface area contributed by atoms with Gasteiger partial charge in [-0.3, -0.25) is 14.5 Å². The Kier molecular flexibility index (Phi) is 5.58. The molecular weight excluding hydrogens is 272 g/mol. The summed E-state index contributed by atoms with van der Waals surface area (Å²) in [6.07, 6.45) is 5.11. The van der Waals surface area contributed by atoms with E-state index in [1.165, 1.54) is 0 Å². The first-order chi connectivity index (χ1) is 10.0. The van der Waals surface area contributed by atoms with E-state index in [-0.39, 0.29) is 17.9 Å². The summed E-state index contributed by atoms with van der Waals surface area (Å²) in [6.45, 7) is 2.76. The van der Waals surface area contributed by atoms with Crippen LogP contribution >= 0.6 is 0 Å². The van der Waals surface area contributed by atoms with Crippen molar-refractivity contribution in [2.75, 3.05) is 39.9 Å². The molecule has 1 heterocycles. The highest BCUT2D eigenvalue weighted by molar-refractivity contribution is 5.78. The van der Waals surface area contributed by atoms with E-state index < -0.39 is 5.97 Å². The third kappa shape index (κ3) is 4.17. The van der Waals surface area contributed by atoms with E-state index in [2.05, 4.69) is 0 Å². The van der Waals surface area contributed by atoms with Crippen molar-refractivity contribution in [1.29, 1.82) is 0 Å². The highest BCUT2D eigenvalue weighted by Crippen LogP contribution is 2.35. The molecule has 2 rings (SSSR count). The summed E-state index contributed by atoms with van der Waals surface area (Å²) in [6, 6.07) is 0. The Balaban J connectivity index is 1.98. The van der Waals surface area contributed by atoms with Crippen molar-refractivity contribution in [1.82, 2.24) is 9.80 Å². The Bertz CT molecular complexity index is 374. The van der Waals surface area contributed by atoms with Gasteiger partial charge in [0.1, 0.15) is 0 Å². The van der Waals surface area contributed by atoms with Gasteiger partial charge in [0, 0.05) is 18.6 Å². The number of carbonyl (C=O) groups excluding carboxylic acids is 1. The largest absolute Gasteiger partial charge is 0.481 e. The first-order valence-corrected chi connectivity index (χ1v) is 7.82. The maximum atomic E-state index is 12.4. The van der Waals surface area contributed by atoms with Gasteiger partial charge in [-0.25, -0.2) is 0 Å². The molecule has 0 unspecified atom stereocenters. The zero-order valence-electron chi connectivity index (χ0n) is 12.8. The summed E-state index contributed by atoms with van der Waals surface area (Å²) in [5.41, 5.74) is -0.355. The van der Waals surface area contributed by atoms with E-state index in [4.69, 9.17) is 4.74 Å². The predicted octanol–water partition coefficient (Wildman–Crippen LogP) is 0.955. The first kappa shape index (κ1) is 16.2. The molecule has 6 nitrogen and oxygen atoms in total. The second-order valence-electron chi connectivity index (χ2n) is 6.20. The van der Waals surface area contributed by atoms with Crippen LogP contribution in [0.4, 0.5) is 0 Å². The summed E-state index contributed by atoms with van der Waals surface area (Å²) in [5.74, 6) is -0.696. The molecular formula is C15H26N2O4. The number of hydrogen-bond donors (Lipinski definition) is 1. The maximum absolute atomic E-state index is 12.4. The summed E-state index contributed by atoms with van der Waals surface area (Å²) >= 11 is 0. The first-order valence-electron chi connectivity index (χ1n) is 7.82. The lowest BCUT2D eigenvalue weighted by atomic mass is 9.78. The zero-order valence-corrected chi connectivity index (χ0v) is 12.8. The van der Waals surface area contributed by atoms with Crippen molar-refractivity contribution in [3.63, 3.8) is 0 Å². The number of morpholine rings is 1. The van der Waals surface area contributed by atoms with Gasteiger partial charge in [-0.2, -0.15) is 0 Å². The average molecular weight is 298 g/mol. The molecule has 0 aromatic heterocycles. The van der Waals surface area contributed by atoms with Crippen molar-refractivity contribution < 1.29 is 19.4 Å². The summed E-state index contributed by atoms with van der Waals surface area (Å²) in [5, 5.41) is 9.22. The van der Waals surface area contributed by atoms with Crippen LogP contribution in [0.2, 0.25) is 0 Å². The van der Waals surface area contributed by atoms with Crippen LogP contribution < -0.4 is 0 Å². The van der Waals surface area contributed by atoms with Crippen molar-refractivity contribution in [2.45, 2.75) is 44.1 Å². The minimum Gasteiger partial charge on any atom is -0.481 e. The molecule has 0 aromatic carbocycles. The topological polar surface area (TPSA) is 70.1 Å². The standard InChI is InChI=1S/C15H26N2O4/c1-16(12-13(18)17-7-9-21-10-8-17)15(11-14(19)20)5-3-2-4-6-15/h2-12H2,1H3,(H,19,20). The minimum atomic E-state index is -0.775. The molecule has 2 aliphatic rings. The fraction of sp³-hybridized carbons (Fsp3) is 0.867. The van der Waals surface area contributed by atoms with Crippen molar-refractivity contribution in [2.24, 2.45) is 0 Å². The molecule has 1 aliphatic carbocycles. The fourth-order valence-electron chi connectivity index (χ4n) is 3.47. The Morgan fingerprint density at radius 2 is 1.81 bits per heavy atom. The highest BCUT2D eigenvalue weighted by Gasteiger charge is 2.39. The Morgan fingerprint density at radius 1 is 1.19 bits per heavy atom. The summed E-state index contributed by atoms with van der Waals surface area (Å²) in [7, 11) is 1.90. The van der Waals surface area contributed by atoms with Crippen LogP contribution in [-0.2, 0) is 14.3 Å². The van der Waals surface area contributed by atoms with E-state index in [1.807, 2.05) is 16.8 Å². The molecule has 1 aliphatic heterocycles. The molecule has 1 saturated carbocycles. The van der Waals surface area contributed by atoms with Gasteiger partial charge in [0.15, 0.2) is 0 Å². The van der Waals surface area contributed by atoms with E-state index in [0.29, 0.717) is 32.8 Å². The van der Waals surface area contributed by atoms with Gasteiger partial charge in [-0.1, -0.05) is 19.3 Å². The molecule has 1 amide bonds. The highest BCUT2D eigenvalue weighted by atomic mass is 16.5. The molecule has 1 saturated heterocycles. The molecule has 0 atom stereocenters. The number of ether oxygens (including phenoxy) is 1. The third-order valence-corrected chi connectivity index (χ3v) is 4.81. The molecule has 0 spiro atoms. The quantitative estimate of drug-likeness (QED) is 0.818. The van der Waals surface area contributed by atoms with Crippen molar-refractivity contribution >= 4 is 11.9 Å². The molecule has 0 radical (unpaired) electrons. The van der Waals surface area contributed by atoms with Gasteiger partial charge in [-0.05, 0) is 19.9 Å². The number of carbonyl (C=O) groups is 2. The van der Waals surface area contributed by atoms with Crippen LogP contribution in [0, 0.1) is 0 Å². The second kappa shape index (κ2) is 7.22. The van der Waals surface area contributed by atoms with Crippen LogP contribution in [0.3, 0.4) is 0 Å². The second-order valence-corrected chi connectivity index (χ2v) is 6.20. The molecule has 2 fully saturated rings. The van der Waals surface area contributed by atoms with Gasteiger partial charge in [0.05, 0.1) is 26.2 Å². The number of nitrogens with zero attached hydrogens (tertiary/aromatic N) is 2. The van der Waals surface area contributed by atoms with Crippen LogP contribution in [0.15, 0.2) is 0 Å². The van der Waals surface area contributed by atoms with Crippen LogP contribution in [-0.4, -0.2) is 72.2 Å². The van der Waals surface area contributed by atoms with Crippen LogP contribution in [0.25, 0.3) is 0 Å². The zero-order chi connectivity index (χ0) is 15.3. The summed E-state index contributed by atoms with van der Waals surface area (Å²) in [4.78, 5) is 27.4. The lowest BCUT2D eigenvalue weighted by Gasteiger charge is -2.44. The fourth-order valence-corrected chi connectivity index (χ4v) is 3.47. The Labute approximate surface area is 126 Å². The van der Waals surface area contributed by atoms with E-state index in [0.717, 1.165) is 32.1 Å². The van der Waals surface area contributed by atoms with Crippen molar-refractivity contribution in [3.05, 3.63) is 0 Å². The number of likely N-dealkylation sites (N-methyl/N-ethyl adjacent to an activating group) is 1. The predicted molar refractivity (Wildman–Crippen MR) is 78.1 cm³/mol. The van der Waals surface area contributed by atoms with Gasteiger partial charge in [0.2, 0.25) is 5.91 Å². The summed E-state index contributed by atoms with van der Waals surface area (Å²) < 4.78 is 5.26. The van der Waals surface area contributed by atoms with Gasteiger partial charge >= 0.3 is 5.97 Å². The SMILES string of the molecule is CN(CC(=O)N1CCOCC1)C1(CC(=O)O)CCCCC1. The van der Waals surface area contributed by atoms with Crippen LogP contribution in [0.1, 0.15) is 38.5 Å². The molecule has 0 bridgehead atoms. The number of carboxylic acid groups (broad SMARTS) is 1. The number of carboxylic acids is 1. The van der Waals surface area contributed by atoms with Gasteiger partial charge < -0.3 is 14.7 Å². The van der Waals surface area contributed by atoms with E-state index >= 15 is 0 Å². The minimum absolute atomic E-state index is 0.0798. The van der Waals surface area contributed by atoms with E-state index in [1.54, 1.807) is 0 Å². The lowest BCUT2D eigenvalue weighted by Crippen LogP contribution is -2.54. The normalized spacial score (nSPS) is 22.3. The maximum Gasteiger partial charge on any atom is 0.305 e. The molecule has 0 aromatic rings. The molecule has 120 valence electrons. The van der Waals surface area contributed by atoms with Crippen molar-refractivity contribution in [3.8, 4) is 0 Å². The molecule has 6 heteroatoms. The van der Waals surface area contributed by atoms with Gasteiger partial charge in [-0.15, -0.1) is 0 Å². The number of aliphatic carboxylic acids is 1. The van der Waals surface area contributed by atoms with Gasteiger partial charge in [0.25, 0.3) is 0 Å². The molecule has 21 heavy (non-hydrogen) atoms. The molecule has 1 N–H and O–H groups in total. The average Bonchev–Trinajstić information content (AvgIpc) is 2.48. The number of hydrogen-bond acceptors (Lipinski definition) is 4. The Morgan fingerprint density at radius 3 is 2.38 bits per heavy atom. The van der Waals surface area contributed by atoms with Crippen LogP contribution in [0.5, 0.6) is 0 Å². The van der Waals surface area contributed by atoms with E-state index in [9.17, 15) is 14.7 Å². The third-order valence-electron chi connectivity index (χ3n) is 4.81. The number of rotatable bonds is 5. The lowest BCUT2D eigenvalue weighted by molar-refractivity contribution is -0.144. The Hall–Kier alpha value is -1.14. The smallest absolute Gasteiger partial charge is 0.305 e. The number of amides is 1. The monoisotopic (exact) mass is 298 g/mol.